The molecule has 1 atom stereocenters. The predicted octanol–water partition coefficient (Wildman–Crippen LogP) is 1.73. The average Bonchev–Trinajstić information content (AvgIpc) is 2.55. The van der Waals surface area contributed by atoms with E-state index in [2.05, 4.69) is 4.74 Å². The van der Waals surface area contributed by atoms with Crippen molar-refractivity contribution < 1.29 is 23.1 Å². The smallest absolute Gasteiger partial charge is 0.329 e. The number of phenols is 1. The van der Waals surface area contributed by atoms with Crippen molar-refractivity contribution in [2.24, 2.45) is 0 Å². The lowest BCUT2D eigenvalue weighted by Gasteiger charge is -2.29. The number of esters is 1. The zero-order valence-electron chi connectivity index (χ0n) is 13.2. The number of phenolic OH excluding ortho intramolecular Hbond substituents is 1. The number of hydrogen-bond acceptors (Lipinski definition) is 6. The lowest BCUT2D eigenvalue weighted by molar-refractivity contribution is -0.141. The number of anilines is 2. The van der Waals surface area contributed by atoms with Gasteiger partial charge in [-0.15, -0.1) is 0 Å². The van der Waals surface area contributed by atoms with Crippen LogP contribution < -0.4 is 10.0 Å². The van der Waals surface area contributed by atoms with E-state index >= 15 is 0 Å². The minimum absolute atomic E-state index is 0.0298. The van der Waals surface area contributed by atoms with Gasteiger partial charge >= 0.3 is 5.97 Å². The summed E-state index contributed by atoms with van der Waals surface area (Å²) < 4.78 is 31.6. The van der Waals surface area contributed by atoms with Crippen LogP contribution >= 0.6 is 0 Å². The molecule has 0 radical (unpaired) electrons. The Morgan fingerprint density at radius 3 is 2.46 bits per heavy atom. The number of nitrogen functional groups attached to an aromatic ring is 1. The third-order valence-corrected chi connectivity index (χ3v) is 5.31. The summed E-state index contributed by atoms with van der Waals surface area (Å²) in [7, 11) is -3.00. The number of carbonyl (C=O) groups is 1. The standard InChI is InChI=1S/C16H18N2O5S/c1-11(16(20)23-2)18(14-8-3-4-9-15(14)19)24(21,22)13-7-5-6-12(17)10-13/h3-11,19H,17H2,1-2H3. The maximum atomic E-state index is 13.1. The van der Waals surface area contributed by atoms with E-state index < -0.39 is 22.0 Å². The SMILES string of the molecule is COC(=O)C(C)N(c1ccccc1O)S(=O)(=O)c1cccc(N)c1. The van der Waals surface area contributed by atoms with Crippen molar-refractivity contribution >= 4 is 27.4 Å². The van der Waals surface area contributed by atoms with Crippen molar-refractivity contribution in [1.82, 2.24) is 0 Å². The van der Waals surface area contributed by atoms with Gasteiger partial charge in [-0.1, -0.05) is 18.2 Å². The van der Waals surface area contributed by atoms with Crippen LogP contribution in [0.15, 0.2) is 53.4 Å². The van der Waals surface area contributed by atoms with Crippen molar-refractivity contribution in [1.29, 1.82) is 0 Å². The fraction of sp³-hybridized carbons (Fsp3) is 0.188. The summed E-state index contributed by atoms with van der Waals surface area (Å²) in [4.78, 5) is 11.9. The summed E-state index contributed by atoms with van der Waals surface area (Å²) in [5.41, 5.74) is 5.90. The number of sulfonamides is 1. The number of ether oxygens (including phenoxy) is 1. The first-order chi connectivity index (χ1) is 11.3. The zero-order chi connectivity index (χ0) is 17.9. The quantitative estimate of drug-likeness (QED) is 0.628. The Labute approximate surface area is 140 Å². The number of para-hydroxylation sites is 2. The van der Waals surface area contributed by atoms with Crippen LogP contribution in [-0.4, -0.2) is 32.6 Å². The monoisotopic (exact) mass is 350 g/mol. The summed E-state index contributed by atoms with van der Waals surface area (Å²) in [6, 6.07) is 10.3. The van der Waals surface area contributed by atoms with Crippen LogP contribution in [0.3, 0.4) is 0 Å². The molecular formula is C16H18N2O5S. The summed E-state index contributed by atoms with van der Waals surface area (Å²) in [6.07, 6.45) is 0. The molecule has 0 bridgehead atoms. The molecule has 0 aliphatic heterocycles. The highest BCUT2D eigenvalue weighted by molar-refractivity contribution is 7.93. The van der Waals surface area contributed by atoms with E-state index in [1.165, 1.54) is 37.3 Å². The molecule has 0 aliphatic rings. The topological polar surface area (TPSA) is 110 Å². The third kappa shape index (κ3) is 3.28. The largest absolute Gasteiger partial charge is 0.506 e. The van der Waals surface area contributed by atoms with Gasteiger partial charge < -0.3 is 15.6 Å². The van der Waals surface area contributed by atoms with Gasteiger partial charge in [-0.25, -0.2) is 17.5 Å². The first-order valence-electron chi connectivity index (χ1n) is 7.05. The zero-order valence-corrected chi connectivity index (χ0v) is 14.0. The molecule has 0 amide bonds. The highest BCUT2D eigenvalue weighted by Gasteiger charge is 2.35. The fourth-order valence-corrected chi connectivity index (χ4v) is 3.93. The molecule has 0 aromatic heterocycles. The molecule has 2 aromatic rings. The van der Waals surface area contributed by atoms with Gasteiger partial charge in [0.1, 0.15) is 11.8 Å². The molecule has 24 heavy (non-hydrogen) atoms. The van der Waals surface area contributed by atoms with Gasteiger partial charge in [0, 0.05) is 5.69 Å². The first kappa shape index (κ1) is 17.6. The highest BCUT2D eigenvalue weighted by Crippen LogP contribution is 2.33. The van der Waals surface area contributed by atoms with Crippen LogP contribution in [0.2, 0.25) is 0 Å². The number of nitrogens with zero attached hydrogens (tertiary/aromatic N) is 1. The molecule has 0 saturated carbocycles. The molecule has 0 spiro atoms. The van der Waals surface area contributed by atoms with Gasteiger partial charge in [-0.3, -0.25) is 0 Å². The molecule has 2 rings (SSSR count). The molecular weight excluding hydrogens is 332 g/mol. The summed E-state index contributed by atoms with van der Waals surface area (Å²) in [6.45, 7) is 1.38. The van der Waals surface area contributed by atoms with Gasteiger partial charge in [0.2, 0.25) is 0 Å². The van der Waals surface area contributed by atoms with Crippen LogP contribution in [0, 0.1) is 0 Å². The van der Waals surface area contributed by atoms with Gasteiger partial charge in [-0.2, -0.15) is 0 Å². The molecule has 0 aliphatic carbocycles. The lowest BCUT2D eigenvalue weighted by Crippen LogP contribution is -2.44. The molecule has 1 unspecified atom stereocenters. The number of methoxy groups -OCH3 is 1. The Morgan fingerprint density at radius 1 is 1.21 bits per heavy atom. The van der Waals surface area contributed by atoms with Gasteiger partial charge in [0.05, 0.1) is 17.7 Å². The molecule has 8 heteroatoms. The molecule has 0 fully saturated rings. The number of nitrogens with two attached hydrogens (primary N) is 1. The average molecular weight is 350 g/mol. The number of aromatic hydroxyl groups is 1. The summed E-state index contributed by atoms with van der Waals surface area (Å²) >= 11 is 0. The van der Waals surface area contributed by atoms with Crippen LogP contribution in [-0.2, 0) is 19.6 Å². The second-order valence-corrected chi connectivity index (χ2v) is 6.88. The second kappa shape index (κ2) is 6.79. The van der Waals surface area contributed by atoms with Gasteiger partial charge in [0.25, 0.3) is 10.0 Å². The Kier molecular flexibility index (Phi) is 4.99. The Morgan fingerprint density at radius 2 is 1.88 bits per heavy atom. The Hall–Kier alpha value is -2.74. The molecule has 3 N–H and O–H groups in total. The molecule has 128 valence electrons. The van der Waals surface area contributed by atoms with E-state index in [1.807, 2.05) is 0 Å². The molecule has 0 saturated heterocycles. The number of carbonyl (C=O) groups excluding carboxylic acids is 1. The van der Waals surface area contributed by atoms with Crippen molar-refractivity contribution in [3.05, 3.63) is 48.5 Å². The van der Waals surface area contributed by atoms with Crippen molar-refractivity contribution in [2.75, 3.05) is 17.1 Å². The van der Waals surface area contributed by atoms with Crippen LogP contribution in [0.4, 0.5) is 11.4 Å². The van der Waals surface area contributed by atoms with E-state index in [9.17, 15) is 18.3 Å². The van der Waals surface area contributed by atoms with Gasteiger partial charge in [-0.05, 0) is 37.3 Å². The van der Waals surface area contributed by atoms with Gasteiger partial charge in [0.15, 0.2) is 0 Å². The second-order valence-electron chi connectivity index (χ2n) is 5.06. The lowest BCUT2D eigenvalue weighted by atomic mass is 10.2. The highest BCUT2D eigenvalue weighted by atomic mass is 32.2. The first-order valence-corrected chi connectivity index (χ1v) is 8.49. The summed E-state index contributed by atoms with van der Waals surface area (Å²) in [5.74, 6) is -1.04. The van der Waals surface area contributed by atoms with Crippen molar-refractivity contribution in [3.63, 3.8) is 0 Å². The van der Waals surface area contributed by atoms with Crippen LogP contribution in [0.1, 0.15) is 6.92 Å². The maximum absolute atomic E-state index is 13.1. The number of benzene rings is 2. The van der Waals surface area contributed by atoms with E-state index in [-0.39, 0.29) is 22.0 Å². The number of hydrogen-bond donors (Lipinski definition) is 2. The normalized spacial score (nSPS) is 12.4. The minimum Gasteiger partial charge on any atom is -0.506 e. The van der Waals surface area contributed by atoms with Crippen LogP contribution in [0.25, 0.3) is 0 Å². The fourth-order valence-electron chi connectivity index (χ4n) is 2.25. The van der Waals surface area contributed by atoms with Crippen molar-refractivity contribution in [3.8, 4) is 5.75 Å². The van der Waals surface area contributed by atoms with E-state index in [0.29, 0.717) is 0 Å². The predicted molar refractivity (Wildman–Crippen MR) is 90.1 cm³/mol. The van der Waals surface area contributed by atoms with Crippen molar-refractivity contribution in [2.45, 2.75) is 17.9 Å². The minimum atomic E-state index is -4.16. The van der Waals surface area contributed by atoms with E-state index in [0.717, 1.165) is 11.4 Å². The molecule has 7 nitrogen and oxygen atoms in total. The van der Waals surface area contributed by atoms with E-state index in [1.54, 1.807) is 18.2 Å². The Balaban J connectivity index is 2.66. The Bertz CT molecular complexity index is 851. The maximum Gasteiger partial charge on any atom is 0.329 e. The molecule has 2 aromatic carbocycles. The molecule has 0 heterocycles. The van der Waals surface area contributed by atoms with Crippen LogP contribution in [0.5, 0.6) is 5.75 Å². The third-order valence-electron chi connectivity index (χ3n) is 3.43. The summed E-state index contributed by atoms with van der Waals surface area (Å²) in [5, 5.41) is 10.1. The van der Waals surface area contributed by atoms with E-state index in [4.69, 9.17) is 5.73 Å². The number of rotatable bonds is 5.